The van der Waals surface area contributed by atoms with E-state index in [1.54, 1.807) is 44.6 Å². The molecule has 0 saturated carbocycles. The van der Waals surface area contributed by atoms with Crippen LogP contribution >= 0.6 is 0 Å². The van der Waals surface area contributed by atoms with E-state index in [0.717, 1.165) is 16.7 Å². The first kappa shape index (κ1) is 28.6. The first-order valence-electron chi connectivity index (χ1n) is 12.1. The molecule has 39 heavy (non-hydrogen) atoms. The van der Waals surface area contributed by atoms with Crippen LogP contribution in [0.1, 0.15) is 16.7 Å². The average Bonchev–Trinajstić information content (AvgIpc) is 2.94. The van der Waals surface area contributed by atoms with Crippen LogP contribution in [0.15, 0.2) is 72.8 Å². The summed E-state index contributed by atoms with van der Waals surface area (Å²) in [5, 5.41) is 16.4. The smallest absolute Gasteiger partial charge is 0.412 e. The highest BCUT2D eigenvalue weighted by Gasteiger charge is 2.20. The van der Waals surface area contributed by atoms with Gasteiger partial charge in [0.1, 0.15) is 23.3 Å². The standard InChI is InChI=1S/C29H31N3O7/c1-37-24-16-22(17-25(19-24)38-2)9-8-20-10-12-23(13-11-20)39-29(36)31-15-14-30-27(33)26(32-28(34)35)18-21-6-4-3-5-7-21/h3-13,16-17,19,26,32H,14-15,18H2,1-2H3,(H,30,33)(H,31,36)(H,34,35)/b9-8+. The quantitative estimate of drug-likeness (QED) is 0.204. The Morgan fingerprint density at radius 2 is 1.41 bits per heavy atom. The van der Waals surface area contributed by atoms with Gasteiger partial charge in [-0.2, -0.15) is 0 Å². The Labute approximate surface area is 226 Å². The second-order valence-electron chi connectivity index (χ2n) is 8.35. The number of carboxylic acid groups (broad SMARTS) is 1. The van der Waals surface area contributed by atoms with E-state index in [4.69, 9.17) is 19.3 Å². The Morgan fingerprint density at radius 1 is 0.795 bits per heavy atom. The molecule has 10 heteroatoms. The maximum absolute atomic E-state index is 12.5. The van der Waals surface area contributed by atoms with Gasteiger partial charge in [-0.1, -0.05) is 54.6 Å². The maximum Gasteiger partial charge on any atom is 0.412 e. The topological polar surface area (TPSA) is 135 Å². The van der Waals surface area contributed by atoms with Gasteiger partial charge < -0.3 is 35.3 Å². The highest BCUT2D eigenvalue weighted by Crippen LogP contribution is 2.24. The van der Waals surface area contributed by atoms with Crippen LogP contribution in [0.4, 0.5) is 9.59 Å². The number of nitrogens with one attached hydrogen (secondary N) is 3. The number of carbonyl (C=O) groups excluding carboxylic acids is 2. The summed E-state index contributed by atoms with van der Waals surface area (Å²) >= 11 is 0. The SMILES string of the molecule is COc1cc(/C=C/c2ccc(OC(=O)NCCNC(=O)C(Cc3ccccc3)NC(=O)O)cc2)cc(OC)c1. The third-order valence-electron chi connectivity index (χ3n) is 5.52. The summed E-state index contributed by atoms with van der Waals surface area (Å²) in [6.07, 6.45) is 2.05. The summed E-state index contributed by atoms with van der Waals surface area (Å²) in [5.41, 5.74) is 2.62. The number of hydrogen-bond donors (Lipinski definition) is 4. The lowest BCUT2D eigenvalue weighted by Crippen LogP contribution is -2.49. The number of ether oxygens (including phenoxy) is 3. The molecule has 0 aliphatic rings. The zero-order chi connectivity index (χ0) is 28.0. The Balaban J connectivity index is 1.44. The Morgan fingerprint density at radius 3 is 2.03 bits per heavy atom. The van der Waals surface area contributed by atoms with Gasteiger partial charge in [0.05, 0.1) is 14.2 Å². The van der Waals surface area contributed by atoms with Crippen LogP contribution in [0, 0.1) is 0 Å². The lowest BCUT2D eigenvalue weighted by Gasteiger charge is -2.17. The van der Waals surface area contributed by atoms with Crippen molar-refractivity contribution in [2.45, 2.75) is 12.5 Å². The molecule has 3 rings (SSSR count). The van der Waals surface area contributed by atoms with Gasteiger partial charge in [-0.05, 0) is 41.0 Å². The molecule has 3 amide bonds. The van der Waals surface area contributed by atoms with E-state index in [1.165, 1.54) is 0 Å². The predicted molar refractivity (Wildman–Crippen MR) is 147 cm³/mol. The summed E-state index contributed by atoms with van der Waals surface area (Å²) in [7, 11) is 3.19. The zero-order valence-electron chi connectivity index (χ0n) is 21.7. The van der Waals surface area contributed by atoms with Crippen LogP contribution in [0.5, 0.6) is 17.2 Å². The molecule has 1 atom stereocenters. The summed E-state index contributed by atoms with van der Waals surface area (Å²) in [6, 6.07) is 20.6. The monoisotopic (exact) mass is 533 g/mol. The fourth-order valence-electron chi connectivity index (χ4n) is 3.59. The first-order chi connectivity index (χ1) is 18.9. The van der Waals surface area contributed by atoms with Crippen molar-refractivity contribution in [1.82, 2.24) is 16.0 Å². The van der Waals surface area contributed by atoms with Gasteiger partial charge in [0, 0.05) is 25.6 Å². The molecule has 0 aliphatic heterocycles. The number of carbonyl (C=O) groups is 3. The summed E-state index contributed by atoms with van der Waals surface area (Å²) in [4.78, 5) is 35.7. The van der Waals surface area contributed by atoms with Crippen molar-refractivity contribution in [3.63, 3.8) is 0 Å². The van der Waals surface area contributed by atoms with E-state index < -0.39 is 24.1 Å². The highest BCUT2D eigenvalue weighted by atomic mass is 16.6. The molecule has 0 saturated heterocycles. The maximum atomic E-state index is 12.5. The molecule has 0 fully saturated rings. The molecule has 0 spiro atoms. The number of methoxy groups -OCH3 is 2. The number of hydrogen-bond acceptors (Lipinski definition) is 6. The van der Waals surface area contributed by atoms with Crippen LogP contribution in [-0.4, -0.2) is 56.6 Å². The van der Waals surface area contributed by atoms with Crippen molar-refractivity contribution in [3.8, 4) is 17.2 Å². The summed E-state index contributed by atoms with van der Waals surface area (Å²) in [6.45, 7) is 0.194. The van der Waals surface area contributed by atoms with E-state index in [1.807, 2.05) is 54.6 Å². The minimum atomic E-state index is -1.30. The number of benzene rings is 3. The van der Waals surface area contributed by atoms with Crippen LogP contribution < -0.4 is 30.2 Å². The Bertz CT molecular complexity index is 1260. The lowest BCUT2D eigenvalue weighted by atomic mass is 10.1. The van der Waals surface area contributed by atoms with E-state index in [-0.39, 0.29) is 19.5 Å². The van der Waals surface area contributed by atoms with Gasteiger partial charge in [-0.15, -0.1) is 0 Å². The molecule has 3 aromatic carbocycles. The second kappa shape index (κ2) is 14.7. The Hall–Kier alpha value is -4.99. The lowest BCUT2D eigenvalue weighted by molar-refractivity contribution is -0.123. The average molecular weight is 534 g/mol. The zero-order valence-corrected chi connectivity index (χ0v) is 21.7. The van der Waals surface area contributed by atoms with Gasteiger partial charge in [-0.25, -0.2) is 9.59 Å². The minimum absolute atomic E-state index is 0.0965. The minimum Gasteiger partial charge on any atom is -0.497 e. The molecule has 0 radical (unpaired) electrons. The van der Waals surface area contributed by atoms with Crippen molar-refractivity contribution < 1.29 is 33.7 Å². The van der Waals surface area contributed by atoms with Crippen LogP contribution in [0.25, 0.3) is 12.2 Å². The third kappa shape index (κ3) is 9.77. The second-order valence-corrected chi connectivity index (χ2v) is 8.35. The van der Waals surface area contributed by atoms with Gasteiger partial charge >= 0.3 is 12.2 Å². The normalized spacial score (nSPS) is 11.3. The molecule has 0 aliphatic carbocycles. The molecule has 10 nitrogen and oxygen atoms in total. The highest BCUT2D eigenvalue weighted by molar-refractivity contribution is 5.85. The van der Waals surface area contributed by atoms with Crippen molar-refractivity contribution in [3.05, 3.63) is 89.5 Å². The fourth-order valence-corrected chi connectivity index (χ4v) is 3.59. The van der Waals surface area contributed by atoms with E-state index in [2.05, 4.69) is 16.0 Å². The van der Waals surface area contributed by atoms with Gasteiger partial charge in [0.25, 0.3) is 0 Å². The number of rotatable bonds is 12. The van der Waals surface area contributed by atoms with Crippen molar-refractivity contribution in [2.75, 3.05) is 27.3 Å². The summed E-state index contributed by atoms with van der Waals surface area (Å²) in [5.74, 6) is 1.23. The largest absolute Gasteiger partial charge is 0.497 e. The van der Waals surface area contributed by atoms with Crippen LogP contribution in [-0.2, 0) is 11.2 Å². The predicted octanol–water partition coefficient (Wildman–Crippen LogP) is 3.96. The summed E-state index contributed by atoms with van der Waals surface area (Å²) < 4.78 is 15.8. The van der Waals surface area contributed by atoms with E-state index in [9.17, 15) is 14.4 Å². The van der Waals surface area contributed by atoms with E-state index >= 15 is 0 Å². The molecule has 0 bridgehead atoms. The van der Waals surface area contributed by atoms with Crippen LogP contribution in [0.2, 0.25) is 0 Å². The van der Waals surface area contributed by atoms with Gasteiger partial charge in [-0.3, -0.25) is 4.79 Å². The Kier molecular flexibility index (Phi) is 10.8. The van der Waals surface area contributed by atoms with Crippen molar-refractivity contribution in [2.24, 2.45) is 0 Å². The van der Waals surface area contributed by atoms with Crippen LogP contribution in [0.3, 0.4) is 0 Å². The third-order valence-corrected chi connectivity index (χ3v) is 5.52. The molecule has 204 valence electrons. The molecular formula is C29H31N3O7. The number of amides is 3. The first-order valence-corrected chi connectivity index (χ1v) is 12.1. The van der Waals surface area contributed by atoms with Crippen molar-refractivity contribution in [1.29, 1.82) is 0 Å². The van der Waals surface area contributed by atoms with Crippen molar-refractivity contribution >= 4 is 30.2 Å². The molecule has 0 heterocycles. The van der Waals surface area contributed by atoms with Gasteiger partial charge in [0.15, 0.2) is 0 Å². The molecule has 0 aromatic heterocycles. The van der Waals surface area contributed by atoms with Gasteiger partial charge in [0.2, 0.25) is 5.91 Å². The molecule has 4 N–H and O–H groups in total. The van der Waals surface area contributed by atoms with E-state index in [0.29, 0.717) is 17.2 Å². The fraction of sp³-hybridized carbons (Fsp3) is 0.207. The molecular weight excluding hydrogens is 502 g/mol. The molecule has 3 aromatic rings. The molecule has 1 unspecified atom stereocenters.